The minimum absolute atomic E-state index is 0.260. The Bertz CT molecular complexity index is 555. The van der Waals surface area contributed by atoms with E-state index in [1.165, 1.54) is 6.07 Å². The van der Waals surface area contributed by atoms with E-state index in [2.05, 4.69) is 0 Å². The molecule has 0 aromatic heterocycles. The van der Waals surface area contributed by atoms with Crippen LogP contribution in [0.25, 0.3) is 0 Å². The Labute approximate surface area is 115 Å². The average molecular weight is 280 g/mol. The third kappa shape index (κ3) is 3.55. The topological polar surface area (TPSA) is 20.2 Å². The van der Waals surface area contributed by atoms with Gasteiger partial charge in [-0.2, -0.15) is 0 Å². The van der Waals surface area contributed by atoms with E-state index in [0.29, 0.717) is 5.56 Å². The predicted molar refractivity (Wildman–Crippen MR) is 73.2 cm³/mol. The molecule has 0 radical (unpaired) electrons. The Balaban J connectivity index is 2.10. The van der Waals surface area contributed by atoms with Crippen LogP contribution in [0.3, 0.4) is 0 Å². The molecule has 0 aliphatic carbocycles. The van der Waals surface area contributed by atoms with Crippen LogP contribution >= 0.6 is 11.8 Å². The van der Waals surface area contributed by atoms with Crippen LogP contribution in [0.1, 0.15) is 17.2 Å². The van der Waals surface area contributed by atoms with Crippen molar-refractivity contribution < 1.29 is 13.9 Å². The molecule has 1 N–H and O–H groups in total. The van der Waals surface area contributed by atoms with Gasteiger partial charge in [0.25, 0.3) is 0 Å². The fourth-order valence-corrected chi connectivity index (χ4v) is 2.24. The molecular weight excluding hydrogens is 266 g/mol. The van der Waals surface area contributed by atoms with Crippen molar-refractivity contribution in [2.45, 2.75) is 17.4 Å². The Morgan fingerprint density at radius 1 is 1.05 bits per heavy atom. The van der Waals surface area contributed by atoms with Crippen molar-refractivity contribution in [1.29, 1.82) is 0 Å². The van der Waals surface area contributed by atoms with Crippen molar-refractivity contribution in [3.05, 3.63) is 65.2 Å². The summed E-state index contributed by atoms with van der Waals surface area (Å²) in [6, 6.07) is 11.2. The summed E-state index contributed by atoms with van der Waals surface area (Å²) in [4.78, 5) is 1.11. The van der Waals surface area contributed by atoms with Crippen molar-refractivity contribution in [1.82, 2.24) is 0 Å². The average Bonchev–Trinajstić information content (AvgIpc) is 2.43. The maximum absolute atomic E-state index is 13.1. The zero-order valence-corrected chi connectivity index (χ0v) is 11.3. The number of halogens is 2. The molecule has 1 nitrogen and oxygen atoms in total. The Morgan fingerprint density at radius 2 is 1.74 bits per heavy atom. The number of hydrogen-bond acceptors (Lipinski definition) is 2. The summed E-state index contributed by atoms with van der Waals surface area (Å²) in [6.07, 6.45) is 1.52. The predicted octanol–water partition coefficient (Wildman–Crippen LogP) is 3.96. The summed E-state index contributed by atoms with van der Waals surface area (Å²) in [5.41, 5.74) is 1.34. The van der Waals surface area contributed by atoms with E-state index in [0.717, 1.165) is 22.6 Å². The molecule has 0 heterocycles. The highest BCUT2D eigenvalue weighted by molar-refractivity contribution is 7.98. The van der Waals surface area contributed by atoms with E-state index in [9.17, 15) is 13.9 Å². The molecule has 100 valence electrons. The molecule has 1 atom stereocenters. The number of thioether (sulfide) groups is 1. The van der Waals surface area contributed by atoms with Gasteiger partial charge in [0, 0.05) is 11.3 Å². The molecule has 19 heavy (non-hydrogen) atoms. The highest BCUT2D eigenvalue weighted by atomic mass is 32.2. The van der Waals surface area contributed by atoms with Crippen molar-refractivity contribution in [2.75, 3.05) is 6.26 Å². The lowest BCUT2D eigenvalue weighted by molar-refractivity contribution is 0.178. The van der Waals surface area contributed by atoms with Crippen molar-refractivity contribution in [3.8, 4) is 0 Å². The smallest absolute Gasteiger partial charge is 0.159 e. The Hall–Kier alpha value is -1.39. The summed E-state index contributed by atoms with van der Waals surface area (Å²) < 4.78 is 25.9. The lowest BCUT2D eigenvalue weighted by Crippen LogP contribution is -2.02. The summed E-state index contributed by atoms with van der Waals surface area (Å²) in [5, 5.41) is 10.1. The standard InChI is InChI=1S/C15H14F2OS/c1-19-12-5-3-11(4-6-12)15(18)9-10-2-7-13(16)14(17)8-10/h2-8,15,18H,9H2,1H3. The van der Waals surface area contributed by atoms with E-state index < -0.39 is 17.7 Å². The van der Waals surface area contributed by atoms with Crippen molar-refractivity contribution in [3.63, 3.8) is 0 Å². The number of hydrogen-bond donors (Lipinski definition) is 1. The molecule has 0 spiro atoms. The first-order valence-electron chi connectivity index (χ1n) is 5.86. The summed E-state index contributed by atoms with van der Waals surface area (Å²) in [6.45, 7) is 0. The number of aliphatic hydroxyl groups excluding tert-OH is 1. The van der Waals surface area contributed by atoms with Gasteiger partial charge in [0.15, 0.2) is 11.6 Å². The molecule has 2 aromatic carbocycles. The molecule has 0 fully saturated rings. The van der Waals surface area contributed by atoms with E-state index in [-0.39, 0.29) is 6.42 Å². The number of rotatable bonds is 4. The maximum Gasteiger partial charge on any atom is 0.159 e. The monoisotopic (exact) mass is 280 g/mol. The van der Waals surface area contributed by atoms with E-state index in [4.69, 9.17) is 0 Å². The van der Waals surface area contributed by atoms with Crippen LogP contribution in [0.4, 0.5) is 8.78 Å². The highest BCUT2D eigenvalue weighted by Gasteiger charge is 2.10. The van der Waals surface area contributed by atoms with Crippen LogP contribution in [0.15, 0.2) is 47.4 Å². The van der Waals surface area contributed by atoms with Gasteiger partial charge in [-0.3, -0.25) is 0 Å². The third-order valence-corrected chi connectivity index (χ3v) is 3.66. The first-order valence-corrected chi connectivity index (χ1v) is 7.08. The second-order valence-electron chi connectivity index (χ2n) is 4.24. The highest BCUT2D eigenvalue weighted by Crippen LogP contribution is 2.22. The van der Waals surface area contributed by atoms with Crippen LogP contribution in [0.5, 0.6) is 0 Å². The van der Waals surface area contributed by atoms with Gasteiger partial charge in [0.2, 0.25) is 0 Å². The molecule has 0 saturated carbocycles. The molecule has 0 amide bonds. The molecule has 0 aliphatic rings. The van der Waals surface area contributed by atoms with Gasteiger partial charge < -0.3 is 5.11 Å². The number of benzene rings is 2. The molecular formula is C15H14F2OS. The largest absolute Gasteiger partial charge is 0.388 e. The van der Waals surface area contributed by atoms with Gasteiger partial charge in [-0.15, -0.1) is 11.8 Å². The molecule has 2 rings (SSSR count). The zero-order chi connectivity index (χ0) is 13.8. The van der Waals surface area contributed by atoms with Crippen molar-refractivity contribution in [2.24, 2.45) is 0 Å². The summed E-state index contributed by atoms with van der Waals surface area (Å²) in [7, 11) is 0. The van der Waals surface area contributed by atoms with E-state index in [1.807, 2.05) is 30.5 Å². The van der Waals surface area contributed by atoms with Gasteiger partial charge in [0.05, 0.1) is 6.10 Å². The third-order valence-electron chi connectivity index (χ3n) is 2.91. The Kier molecular flexibility index (Phi) is 4.56. The first-order chi connectivity index (χ1) is 9.10. The SMILES string of the molecule is CSc1ccc(C(O)Cc2ccc(F)c(F)c2)cc1. The maximum atomic E-state index is 13.1. The fraction of sp³-hybridized carbons (Fsp3) is 0.200. The van der Waals surface area contributed by atoms with Gasteiger partial charge in [0.1, 0.15) is 0 Å². The second kappa shape index (κ2) is 6.17. The lowest BCUT2D eigenvalue weighted by atomic mass is 10.0. The fourth-order valence-electron chi connectivity index (χ4n) is 1.83. The molecule has 0 saturated heterocycles. The molecule has 1 unspecified atom stereocenters. The first kappa shape index (κ1) is 14.0. The Morgan fingerprint density at radius 3 is 2.32 bits per heavy atom. The summed E-state index contributed by atoms with van der Waals surface area (Å²) >= 11 is 1.62. The van der Waals surface area contributed by atoms with Gasteiger partial charge in [-0.05, 0) is 41.6 Å². The molecule has 0 bridgehead atoms. The normalized spacial score (nSPS) is 12.4. The summed E-state index contributed by atoms with van der Waals surface area (Å²) in [5.74, 6) is -1.76. The van der Waals surface area contributed by atoms with Crippen LogP contribution in [-0.4, -0.2) is 11.4 Å². The van der Waals surface area contributed by atoms with Crippen LogP contribution < -0.4 is 0 Å². The molecule has 0 aliphatic heterocycles. The van der Waals surface area contributed by atoms with E-state index in [1.54, 1.807) is 11.8 Å². The lowest BCUT2D eigenvalue weighted by Gasteiger charge is -2.11. The molecule has 2 aromatic rings. The quantitative estimate of drug-likeness (QED) is 0.855. The second-order valence-corrected chi connectivity index (χ2v) is 5.12. The number of aliphatic hydroxyl groups is 1. The minimum atomic E-state index is -0.887. The van der Waals surface area contributed by atoms with Crippen molar-refractivity contribution >= 4 is 11.8 Å². The van der Waals surface area contributed by atoms with Gasteiger partial charge in [-0.25, -0.2) is 8.78 Å². The van der Waals surface area contributed by atoms with Crippen LogP contribution in [-0.2, 0) is 6.42 Å². The molecule has 4 heteroatoms. The van der Waals surface area contributed by atoms with Crippen LogP contribution in [0.2, 0.25) is 0 Å². The van der Waals surface area contributed by atoms with Crippen LogP contribution in [0, 0.1) is 11.6 Å². The van der Waals surface area contributed by atoms with Gasteiger partial charge >= 0.3 is 0 Å². The zero-order valence-electron chi connectivity index (χ0n) is 10.4. The van der Waals surface area contributed by atoms with E-state index >= 15 is 0 Å². The minimum Gasteiger partial charge on any atom is -0.388 e. The van der Waals surface area contributed by atoms with Gasteiger partial charge in [-0.1, -0.05) is 18.2 Å².